The Labute approximate surface area is 103 Å². The van der Waals surface area contributed by atoms with Crippen molar-refractivity contribution in [1.29, 1.82) is 0 Å². The maximum atomic E-state index is 12.0. The summed E-state index contributed by atoms with van der Waals surface area (Å²) in [4.78, 5) is 36.2. The SMILES string of the molecule is COC(=O)[C@H](CO)N1C(=O)c2ccccc2C1=O. The summed E-state index contributed by atoms with van der Waals surface area (Å²) in [5.74, 6) is -2.02. The van der Waals surface area contributed by atoms with E-state index < -0.39 is 30.4 Å². The third kappa shape index (κ3) is 1.67. The lowest BCUT2D eigenvalue weighted by atomic mass is 10.1. The Morgan fingerprint density at radius 1 is 1.28 bits per heavy atom. The molecule has 0 bridgehead atoms. The summed E-state index contributed by atoms with van der Waals surface area (Å²) in [5.41, 5.74) is 0.453. The fraction of sp³-hybridized carbons (Fsp3) is 0.250. The van der Waals surface area contributed by atoms with Gasteiger partial charge in [-0.2, -0.15) is 0 Å². The number of carbonyl (C=O) groups excluding carboxylic acids is 3. The molecule has 1 aromatic carbocycles. The highest BCUT2D eigenvalue weighted by Crippen LogP contribution is 2.24. The van der Waals surface area contributed by atoms with Crippen molar-refractivity contribution in [3.63, 3.8) is 0 Å². The van der Waals surface area contributed by atoms with Gasteiger partial charge >= 0.3 is 5.97 Å². The van der Waals surface area contributed by atoms with Crippen LogP contribution in [0.5, 0.6) is 0 Å². The Hall–Kier alpha value is -2.21. The molecule has 94 valence electrons. The molecule has 0 aromatic heterocycles. The van der Waals surface area contributed by atoms with Gasteiger partial charge in [0, 0.05) is 0 Å². The lowest BCUT2D eigenvalue weighted by Gasteiger charge is -2.21. The van der Waals surface area contributed by atoms with Gasteiger partial charge in [0.1, 0.15) is 0 Å². The molecule has 2 rings (SSSR count). The van der Waals surface area contributed by atoms with E-state index in [0.717, 1.165) is 12.0 Å². The van der Waals surface area contributed by atoms with Crippen LogP contribution in [0.15, 0.2) is 24.3 Å². The van der Waals surface area contributed by atoms with E-state index in [4.69, 9.17) is 5.11 Å². The zero-order valence-corrected chi connectivity index (χ0v) is 9.62. The number of benzene rings is 1. The molecule has 1 atom stereocenters. The van der Waals surface area contributed by atoms with Gasteiger partial charge in [-0.25, -0.2) is 4.79 Å². The number of nitrogens with zero attached hydrogens (tertiary/aromatic N) is 1. The van der Waals surface area contributed by atoms with E-state index in [1.165, 1.54) is 12.1 Å². The molecule has 0 spiro atoms. The average Bonchev–Trinajstić information content (AvgIpc) is 2.65. The minimum atomic E-state index is -1.30. The summed E-state index contributed by atoms with van der Waals surface area (Å²) < 4.78 is 4.47. The largest absolute Gasteiger partial charge is 0.467 e. The van der Waals surface area contributed by atoms with Crippen molar-refractivity contribution in [2.45, 2.75) is 6.04 Å². The van der Waals surface area contributed by atoms with Gasteiger partial charge in [0.05, 0.1) is 24.8 Å². The molecule has 1 aromatic rings. The summed E-state index contributed by atoms with van der Waals surface area (Å²) in [7, 11) is 1.13. The number of hydrogen-bond acceptors (Lipinski definition) is 5. The summed E-state index contributed by atoms with van der Waals surface area (Å²) in [6, 6.07) is 4.95. The van der Waals surface area contributed by atoms with Crippen molar-refractivity contribution < 1.29 is 24.2 Å². The summed E-state index contributed by atoms with van der Waals surface area (Å²) in [5, 5.41) is 9.16. The number of ether oxygens (including phenoxy) is 1. The van der Waals surface area contributed by atoms with Crippen LogP contribution in [0, 0.1) is 0 Å². The normalized spacial score (nSPS) is 15.6. The molecule has 0 unspecified atom stereocenters. The van der Waals surface area contributed by atoms with Crippen molar-refractivity contribution in [3.05, 3.63) is 35.4 Å². The Balaban J connectivity index is 2.41. The molecular weight excluding hydrogens is 238 g/mol. The van der Waals surface area contributed by atoms with E-state index in [1.807, 2.05) is 0 Å². The first-order valence-electron chi connectivity index (χ1n) is 5.27. The van der Waals surface area contributed by atoms with E-state index in [2.05, 4.69) is 4.74 Å². The van der Waals surface area contributed by atoms with E-state index >= 15 is 0 Å². The van der Waals surface area contributed by atoms with Gasteiger partial charge < -0.3 is 9.84 Å². The Kier molecular flexibility index (Phi) is 3.12. The van der Waals surface area contributed by atoms with Crippen LogP contribution in [0.25, 0.3) is 0 Å². The molecule has 1 aliphatic rings. The lowest BCUT2D eigenvalue weighted by molar-refractivity contribution is -0.146. The number of aliphatic hydroxyl groups is 1. The van der Waals surface area contributed by atoms with Crippen LogP contribution in [-0.2, 0) is 9.53 Å². The van der Waals surface area contributed by atoms with Crippen LogP contribution in [0.4, 0.5) is 0 Å². The van der Waals surface area contributed by atoms with Crippen molar-refractivity contribution in [2.75, 3.05) is 13.7 Å². The topological polar surface area (TPSA) is 83.9 Å². The van der Waals surface area contributed by atoms with Gasteiger partial charge in [-0.15, -0.1) is 0 Å². The minimum absolute atomic E-state index is 0.227. The maximum absolute atomic E-state index is 12.0. The van der Waals surface area contributed by atoms with Gasteiger partial charge in [-0.1, -0.05) is 12.1 Å². The van der Waals surface area contributed by atoms with E-state index in [-0.39, 0.29) is 11.1 Å². The number of imide groups is 1. The third-order valence-electron chi connectivity index (χ3n) is 2.78. The van der Waals surface area contributed by atoms with E-state index in [0.29, 0.717) is 0 Å². The quantitative estimate of drug-likeness (QED) is 0.593. The van der Waals surface area contributed by atoms with Crippen LogP contribution in [0.2, 0.25) is 0 Å². The Morgan fingerprint density at radius 2 is 1.78 bits per heavy atom. The van der Waals surface area contributed by atoms with Gasteiger partial charge in [-0.3, -0.25) is 14.5 Å². The molecule has 0 saturated heterocycles. The summed E-state index contributed by atoms with van der Waals surface area (Å²) >= 11 is 0. The number of esters is 1. The third-order valence-corrected chi connectivity index (χ3v) is 2.78. The number of hydrogen-bond donors (Lipinski definition) is 1. The molecule has 1 aliphatic heterocycles. The van der Waals surface area contributed by atoms with Crippen molar-refractivity contribution >= 4 is 17.8 Å². The van der Waals surface area contributed by atoms with Crippen molar-refractivity contribution in [2.24, 2.45) is 0 Å². The predicted octanol–water partition coefficient (Wildman–Crippen LogP) is -0.184. The van der Waals surface area contributed by atoms with Gasteiger partial charge in [-0.05, 0) is 12.1 Å². The molecule has 0 saturated carbocycles. The first-order valence-corrected chi connectivity index (χ1v) is 5.27. The number of aliphatic hydroxyl groups excluding tert-OH is 1. The zero-order chi connectivity index (χ0) is 13.3. The van der Waals surface area contributed by atoms with E-state index in [1.54, 1.807) is 12.1 Å². The summed E-state index contributed by atoms with van der Waals surface area (Å²) in [6.45, 7) is -0.669. The van der Waals surface area contributed by atoms with Gasteiger partial charge in [0.25, 0.3) is 11.8 Å². The van der Waals surface area contributed by atoms with Crippen LogP contribution < -0.4 is 0 Å². The number of rotatable bonds is 3. The fourth-order valence-corrected chi connectivity index (χ4v) is 1.89. The molecule has 6 heteroatoms. The Bertz CT molecular complexity index is 490. The number of fused-ring (bicyclic) bond motifs is 1. The average molecular weight is 249 g/mol. The van der Waals surface area contributed by atoms with E-state index in [9.17, 15) is 14.4 Å². The molecular formula is C12H11NO5. The van der Waals surface area contributed by atoms with Crippen molar-refractivity contribution in [3.8, 4) is 0 Å². The molecule has 18 heavy (non-hydrogen) atoms. The number of amides is 2. The number of carbonyl (C=O) groups is 3. The molecule has 1 heterocycles. The highest BCUT2D eigenvalue weighted by Gasteiger charge is 2.42. The van der Waals surface area contributed by atoms with Crippen LogP contribution >= 0.6 is 0 Å². The molecule has 0 aliphatic carbocycles. The standard InChI is InChI=1S/C12H11NO5/c1-18-12(17)9(6-14)13-10(15)7-4-2-3-5-8(7)11(13)16/h2-5,9,14H,6H2,1H3/t9-/m0/s1. The molecule has 0 radical (unpaired) electrons. The van der Waals surface area contributed by atoms with Crippen LogP contribution in [0.1, 0.15) is 20.7 Å². The van der Waals surface area contributed by atoms with Gasteiger partial charge in [0.2, 0.25) is 0 Å². The first-order chi connectivity index (χ1) is 8.61. The fourth-order valence-electron chi connectivity index (χ4n) is 1.89. The second kappa shape index (κ2) is 4.58. The maximum Gasteiger partial charge on any atom is 0.331 e. The molecule has 1 N–H and O–H groups in total. The first kappa shape index (κ1) is 12.3. The summed E-state index contributed by atoms with van der Waals surface area (Å²) in [6.07, 6.45) is 0. The highest BCUT2D eigenvalue weighted by molar-refractivity contribution is 6.22. The number of methoxy groups -OCH3 is 1. The van der Waals surface area contributed by atoms with Gasteiger partial charge in [0.15, 0.2) is 6.04 Å². The van der Waals surface area contributed by atoms with Crippen LogP contribution in [0.3, 0.4) is 0 Å². The predicted molar refractivity (Wildman–Crippen MR) is 59.8 cm³/mol. The smallest absolute Gasteiger partial charge is 0.331 e. The highest BCUT2D eigenvalue weighted by atomic mass is 16.5. The molecule has 0 fully saturated rings. The van der Waals surface area contributed by atoms with Crippen molar-refractivity contribution in [1.82, 2.24) is 4.90 Å². The molecule has 6 nitrogen and oxygen atoms in total. The Morgan fingerprint density at radius 3 is 2.17 bits per heavy atom. The zero-order valence-electron chi connectivity index (χ0n) is 9.62. The minimum Gasteiger partial charge on any atom is -0.467 e. The van der Waals surface area contributed by atoms with Crippen LogP contribution in [-0.4, -0.2) is 47.5 Å². The molecule has 2 amide bonds. The lowest BCUT2D eigenvalue weighted by Crippen LogP contribution is -2.47. The second-order valence-corrected chi connectivity index (χ2v) is 3.75. The monoisotopic (exact) mass is 249 g/mol. The second-order valence-electron chi connectivity index (χ2n) is 3.75.